The van der Waals surface area contributed by atoms with E-state index >= 15 is 0 Å². The molecule has 2 N–H and O–H groups in total. The average Bonchev–Trinajstić information content (AvgIpc) is 2.83. The molecule has 3 rings (SSSR count). The third-order valence-electron chi connectivity index (χ3n) is 6.73. The second-order valence-corrected chi connectivity index (χ2v) is 8.90. The fraction of sp³-hybridized carbons (Fsp3) is 0.800. The van der Waals surface area contributed by atoms with Crippen LogP contribution in [0.1, 0.15) is 53.4 Å². The monoisotopic (exact) mass is 366 g/mol. The third-order valence-corrected chi connectivity index (χ3v) is 6.73. The maximum Gasteiger partial charge on any atom is 0.309 e. The van der Waals surface area contributed by atoms with E-state index in [2.05, 4.69) is 6.58 Å². The molecule has 26 heavy (non-hydrogen) atoms. The van der Waals surface area contributed by atoms with Crippen molar-refractivity contribution in [3.8, 4) is 0 Å². The van der Waals surface area contributed by atoms with Crippen LogP contribution < -0.4 is 0 Å². The lowest BCUT2D eigenvalue weighted by Crippen LogP contribution is -2.70. The summed E-state index contributed by atoms with van der Waals surface area (Å²) in [5.41, 5.74) is -1.93. The molecule has 2 saturated carbocycles. The van der Waals surface area contributed by atoms with E-state index in [9.17, 15) is 19.8 Å². The summed E-state index contributed by atoms with van der Waals surface area (Å²) in [5.74, 6) is -1.51. The van der Waals surface area contributed by atoms with Crippen molar-refractivity contribution in [1.82, 2.24) is 0 Å². The molecule has 0 aromatic rings. The number of hydrogen-bond donors (Lipinski definition) is 2. The topological polar surface area (TPSA) is 93.1 Å². The molecule has 0 aromatic carbocycles. The van der Waals surface area contributed by atoms with Crippen molar-refractivity contribution in [1.29, 1.82) is 0 Å². The van der Waals surface area contributed by atoms with Crippen LogP contribution in [0.5, 0.6) is 0 Å². The van der Waals surface area contributed by atoms with Gasteiger partial charge in [-0.2, -0.15) is 0 Å². The molecule has 0 spiro atoms. The second-order valence-electron chi connectivity index (χ2n) is 8.90. The molecule has 7 unspecified atom stereocenters. The van der Waals surface area contributed by atoms with Gasteiger partial charge >= 0.3 is 11.9 Å². The molecule has 7 atom stereocenters. The van der Waals surface area contributed by atoms with E-state index in [-0.39, 0.29) is 24.7 Å². The Morgan fingerprint density at radius 3 is 2.73 bits per heavy atom. The number of esters is 2. The maximum atomic E-state index is 12.3. The lowest BCUT2D eigenvalue weighted by Gasteiger charge is -2.59. The smallest absolute Gasteiger partial charge is 0.309 e. The Morgan fingerprint density at radius 1 is 1.46 bits per heavy atom. The number of hydrogen-bond acceptors (Lipinski definition) is 6. The van der Waals surface area contributed by atoms with Gasteiger partial charge in [-0.05, 0) is 30.8 Å². The number of fused-ring (bicyclic) bond motifs is 3. The maximum absolute atomic E-state index is 12.3. The quantitative estimate of drug-likeness (QED) is 0.586. The van der Waals surface area contributed by atoms with Gasteiger partial charge in [0, 0.05) is 17.8 Å². The zero-order valence-corrected chi connectivity index (χ0v) is 16.0. The standard InChI is InChI=1S/C20H30O6/c1-10(2)8-15(22)25-13-9-19(5)14(21)7-6-11(3)20(19,24)17-16(13)12(4)18(23)26-17/h10,12-14,16-17,21,24H,3,6-9H2,1-2,4-5H3. The predicted octanol–water partition coefficient (Wildman–Crippen LogP) is 1.97. The van der Waals surface area contributed by atoms with Crippen molar-refractivity contribution in [2.45, 2.75) is 77.3 Å². The van der Waals surface area contributed by atoms with E-state index in [1.54, 1.807) is 13.8 Å². The normalized spacial score (nSPS) is 45.1. The average molecular weight is 366 g/mol. The summed E-state index contributed by atoms with van der Waals surface area (Å²) in [6.07, 6.45) is -0.726. The van der Waals surface area contributed by atoms with Crippen LogP contribution >= 0.6 is 0 Å². The van der Waals surface area contributed by atoms with Gasteiger partial charge in [-0.25, -0.2) is 0 Å². The van der Waals surface area contributed by atoms with E-state index in [0.717, 1.165) is 0 Å². The van der Waals surface area contributed by atoms with Crippen LogP contribution in [0.4, 0.5) is 0 Å². The molecule has 0 aromatic heterocycles. The lowest BCUT2D eigenvalue weighted by molar-refractivity contribution is -0.241. The summed E-state index contributed by atoms with van der Waals surface area (Å²) in [7, 11) is 0. The first kappa shape index (κ1) is 19.4. The van der Waals surface area contributed by atoms with Crippen LogP contribution in [0.25, 0.3) is 0 Å². The Hall–Kier alpha value is -1.40. The summed E-state index contributed by atoms with van der Waals surface area (Å²) in [6, 6.07) is 0. The summed E-state index contributed by atoms with van der Waals surface area (Å²) in [4.78, 5) is 24.6. The van der Waals surface area contributed by atoms with Crippen molar-refractivity contribution in [2.24, 2.45) is 23.2 Å². The van der Waals surface area contributed by atoms with Crippen molar-refractivity contribution in [3.63, 3.8) is 0 Å². The summed E-state index contributed by atoms with van der Waals surface area (Å²) in [6.45, 7) is 11.4. The van der Waals surface area contributed by atoms with Gasteiger partial charge in [0.2, 0.25) is 0 Å². The van der Waals surface area contributed by atoms with Crippen LogP contribution in [0.2, 0.25) is 0 Å². The van der Waals surface area contributed by atoms with Crippen molar-refractivity contribution in [2.75, 3.05) is 0 Å². The molecule has 146 valence electrons. The van der Waals surface area contributed by atoms with Gasteiger partial charge in [-0.15, -0.1) is 0 Å². The molecule has 3 fully saturated rings. The number of aliphatic hydroxyl groups excluding tert-OH is 1. The highest BCUT2D eigenvalue weighted by atomic mass is 16.6. The third kappa shape index (κ3) is 2.61. The van der Waals surface area contributed by atoms with Crippen LogP contribution in [0.3, 0.4) is 0 Å². The molecule has 0 radical (unpaired) electrons. The molecule has 0 bridgehead atoms. The molecular formula is C20H30O6. The molecule has 1 aliphatic heterocycles. The minimum absolute atomic E-state index is 0.160. The summed E-state index contributed by atoms with van der Waals surface area (Å²) >= 11 is 0. The highest BCUT2D eigenvalue weighted by Gasteiger charge is 2.70. The van der Waals surface area contributed by atoms with Gasteiger partial charge < -0.3 is 19.7 Å². The lowest BCUT2D eigenvalue weighted by atomic mass is 9.50. The van der Waals surface area contributed by atoms with Crippen LogP contribution in [0, 0.1) is 23.2 Å². The Kier molecular flexibility index (Phi) is 4.72. The molecule has 3 aliphatic rings. The Labute approximate surface area is 154 Å². The predicted molar refractivity (Wildman–Crippen MR) is 93.9 cm³/mol. The number of ether oxygens (including phenoxy) is 2. The van der Waals surface area contributed by atoms with Crippen LogP contribution in [-0.4, -0.2) is 46.1 Å². The fourth-order valence-corrected chi connectivity index (χ4v) is 5.13. The van der Waals surface area contributed by atoms with E-state index < -0.39 is 47.1 Å². The van der Waals surface area contributed by atoms with E-state index in [1.165, 1.54) is 0 Å². The van der Waals surface area contributed by atoms with Crippen LogP contribution in [0.15, 0.2) is 12.2 Å². The minimum atomic E-state index is -1.52. The molecule has 1 heterocycles. The van der Waals surface area contributed by atoms with Crippen molar-refractivity contribution >= 4 is 11.9 Å². The molecular weight excluding hydrogens is 336 g/mol. The largest absolute Gasteiger partial charge is 0.462 e. The van der Waals surface area contributed by atoms with Gasteiger partial charge in [0.15, 0.2) is 0 Å². The fourth-order valence-electron chi connectivity index (χ4n) is 5.13. The van der Waals surface area contributed by atoms with Gasteiger partial charge in [0.05, 0.1) is 12.0 Å². The van der Waals surface area contributed by atoms with Crippen molar-refractivity contribution in [3.05, 3.63) is 12.2 Å². The van der Waals surface area contributed by atoms with Crippen molar-refractivity contribution < 1.29 is 29.3 Å². The molecule has 6 nitrogen and oxygen atoms in total. The highest BCUT2D eigenvalue weighted by molar-refractivity contribution is 5.76. The van der Waals surface area contributed by atoms with Gasteiger partial charge in [0.1, 0.15) is 17.8 Å². The first-order valence-electron chi connectivity index (χ1n) is 9.51. The number of carbonyl (C=O) groups excluding carboxylic acids is 2. The first-order chi connectivity index (χ1) is 12.0. The first-order valence-corrected chi connectivity index (χ1v) is 9.51. The molecule has 6 heteroatoms. The van der Waals surface area contributed by atoms with Crippen LogP contribution in [-0.2, 0) is 19.1 Å². The van der Waals surface area contributed by atoms with Gasteiger partial charge in [0.25, 0.3) is 0 Å². The Morgan fingerprint density at radius 2 is 2.12 bits per heavy atom. The second kappa shape index (κ2) is 6.34. The zero-order valence-electron chi connectivity index (χ0n) is 16.0. The number of rotatable bonds is 3. The Bertz CT molecular complexity index is 628. The summed E-state index contributed by atoms with van der Waals surface area (Å²) < 4.78 is 11.3. The van der Waals surface area contributed by atoms with E-state index in [0.29, 0.717) is 18.4 Å². The zero-order chi connectivity index (χ0) is 19.4. The van der Waals surface area contributed by atoms with Gasteiger partial charge in [-0.3, -0.25) is 9.59 Å². The van der Waals surface area contributed by atoms with E-state index in [4.69, 9.17) is 9.47 Å². The molecule has 1 saturated heterocycles. The summed E-state index contributed by atoms with van der Waals surface area (Å²) in [5, 5.41) is 22.3. The number of aliphatic hydroxyl groups is 2. The van der Waals surface area contributed by atoms with E-state index in [1.807, 2.05) is 13.8 Å². The van der Waals surface area contributed by atoms with Gasteiger partial charge in [-0.1, -0.05) is 34.3 Å². The molecule has 0 amide bonds. The minimum Gasteiger partial charge on any atom is -0.462 e. The highest BCUT2D eigenvalue weighted by Crippen LogP contribution is 2.60. The SMILES string of the molecule is C=C1CCC(O)C2(C)CC(OC(=O)CC(C)C)C3C(C)C(=O)OC3C12O. The molecule has 2 aliphatic carbocycles. The number of carbonyl (C=O) groups is 2. The Balaban J connectivity index is 1.99.